The molecule has 0 saturated carbocycles. The lowest BCUT2D eigenvalue weighted by molar-refractivity contribution is -0.117. The number of amides is 1. The Morgan fingerprint density at radius 3 is 2.89 bits per heavy atom. The lowest BCUT2D eigenvalue weighted by atomic mass is 10.5. The average molecular weight is 128 g/mol. The topological polar surface area (TPSA) is 55.1 Å². The van der Waals surface area contributed by atoms with Crippen molar-refractivity contribution in [3.8, 4) is 0 Å². The van der Waals surface area contributed by atoms with Crippen molar-refractivity contribution in [2.75, 3.05) is 13.1 Å². The van der Waals surface area contributed by atoms with Crippen molar-refractivity contribution >= 4 is 5.91 Å². The Labute approximate surface area is 54.9 Å². The molecule has 0 rings (SSSR count). The van der Waals surface area contributed by atoms with Crippen LogP contribution >= 0.6 is 0 Å². The van der Waals surface area contributed by atoms with Crippen LogP contribution < -0.4 is 11.1 Å². The summed E-state index contributed by atoms with van der Waals surface area (Å²) >= 11 is 0. The van der Waals surface area contributed by atoms with Crippen LogP contribution in [0.15, 0.2) is 12.2 Å². The molecule has 0 aromatic carbocycles. The maximum absolute atomic E-state index is 10.1. The van der Waals surface area contributed by atoms with E-state index in [0.29, 0.717) is 6.54 Å². The second-order valence-corrected chi connectivity index (χ2v) is 1.67. The van der Waals surface area contributed by atoms with Crippen LogP contribution in [0, 0.1) is 0 Å². The second kappa shape index (κ2) is 5.31. The van der Waals surface area contributed by atoms with E-state index < -0.39 is 0 Å². The molecule has 0 heterocycles. The number of rotatable bonds is 4. The first kappa shape index (κ1) is 8.17. The molecular formula is C6H12N2O. The van der Waals surface area contributed by atoms with E-state index in [2.05, 4.69) is 5.32 Å². The molecule has 0 aliphatic rings. The number of primary amides is 1. The number of carbonyl (C=O) groups is 1. The molecule has 1 amide bonds. The summed E-state index contributed by atoms with van der Waals surface area (Å²) in [5, 5.41) is 2.82. The third-order valence-electron chi connectivity index (χ3n) is 0.797. The summed E-state index contributed by atoms with van der Waals surface area (Å²) < 4.78 is 0. The van der Waals surface area contributed by atoms with Crippen molar-refractivity contribution in [2.24, 2.45) is 5.73 Å². The van der Waals surface area contributed by atoms with Crippen LogP contribution in [0.5, 0.6) is 0 Å². The fourth-order valence-electron chi connectivity index (χ4n) is 0.397. The molecule has 0 aromatic rings. The Bertz CT molecular complexity index is 110. The first-order chi connectivity index (χ1) is 4.27. The van der Waals surface area contributed by atoms with E-state index in [4.69, 9.17) is 5.73 Å². The third kappa shape index (κ3) is 7.17. The molecule has 0 aliphatic carbocycles. The Balaban J connectivity index is 3.01. The molecule has 9 heavy (non-hydrogen) atoms. The van der Waals surface area contributed by atoms with Crippen LogP contribution in [0.1, 0.15) is 6.92 Å². The number of nitrogens with one attached hydrogen (secondary N) is 1. The van der Waals surface area contributed by atoms with Gasteiger partial charge in [0.25, 0.3) is 0 Å². The van der Waals surface area contributed by atoms with Crippen LogP contribution in [0.2, 0.25) is 0 Å². The van der Waals surface area contributed by atoms with Crippen molar-refractivity contribution in [3.63, 3.8) is 0 Å². The van der Waals surface area contributed by atoms with E-state index in [1.54, 1.807) is 0 Å². The summed E-state index contributed by atoms with van der Waals surface area (Å²) in [4.78, 5) is 10.1. The highest BCUT2D eigenvalue weighted by Gasteiger charge is 1.87. The SMILES string of the molecule is C/C=C\CNCC(N)=O. The van der Waals surface area contributed by atoms with E-state index in [9.17, 15) is 4.79 Å². The molecular weight excluding hydrogens is 116 g/mol. The van der Waals surface area contributed by atoms with Gasteiger partial charge >= 0.3 is 0 Å². The summed E-state index contributed by atoms with van der Waals surface area (Å²) in [7, 11) is 0. The minimum Gasteiger partial charge on any atom is -0.369 e. The van der Waals surface area contributed by atoms with Crippen molar-refractivity contribution in [1.82, 2.24) is 5.32 Å². The maximum Gasteiger partial charge on any atom is 0.231 e. The molecule has 3 heteroatoms. The zero-order valence-corrected chi connectivity index (χ0v) is 5.55. The Kier molecular flexibility index (Phi) is 4.82. The van der Waals surface area contributed by atoms with Gasteiger partial charge in [-0.3, -0.25) is 4.79 Å². The van der Waals surface area contributed by atoms with Gasteiger partial charge in [0.2, 0.25) is 5.91 Å². The normalized spacial score (nSPS) is 10.3. The zero-order valence-electron chi connectivity index (χ0n) is 5.55. The maximum atomic E-state index is 10.1. The molecule has 3 N–H and O–H groups in total. The predicted molar refractivity (Wildman–Crippen MR) is 36.9 cm³/mol. The van der Waals surface area contributed by atoms with Crippen LogP contribution in [0.4, 0.5) is 0 Å². The van der Waals surface area contributed by atoms with Crippen molar-refractivity contribution < 1.29 is 4.79 Å². The summed E-state index contributed by atoms with van der Waals surface area (Å²) in [6, 6.07) is 0. The Morgan fingerprint density at radius 1 is 1.78 bits per heavy atom. The van der Waals surface area contributed by atoms with E-state index >= 15 is 0 Å². The third-order valence-corrected chi connectivity index (χ3v) is 0.797. The molecule has 3 nitrogen and oxygen atoms in total. The summed E-state index contributed by atoms with van der Waals surface area (Å²) in [5.41, 5.74) is 4.85. The number of carbonyl (C=O) groups excluding carboxylic acids is 1. The molecule has 0 bridgehead atoms. The highest BCUT2D eigenvalue weighted by atomic mass is 16.1. The number of hydrogen-bond donors (Lipinski definition) is 2. The predicted octanol–water partition coefficient (Wildman–Crippen LogP) is -0.363. The van der Waals surface area contributed by atoms with Crippen LogP contribution in [-0.2, 0) is 4.79 Å². The molecule has 0 aliphatic heterocycles. The molecule has 0 aromatic heterocycles. The summed E-state index contributed by atoms with van der Waals surface area (Å²) in [6.07, 6.45) is 3.83. The first-order valence-electron chi connectivity index (χ1n) is 2.87. The smallest absolute Gasteiger partial charge is 0.231 e. The van der Waals surface area contributed by atoms with Crippen LogP contribution in [0.25, 0.3) is 0 Å². The lowest BCUT2D eigenvalue weighted by Gasteiger charge is -1.93. The van der Waals surface area contributed by atoms with E-state index in [1.165, 1.54) is 0 Å². The number of nitrogens with two attached hydrogens (primary N) is 1. The van der Waals surface area contributed by atoms with Gasteiger partial charge in [-0.2, -0.15) is 0 Å². The quantitative estimate of drug-likeness (QED) is 0.401. The summed E-state index contributed by atoms with van der Waals surface area (Å²) in [5.74, 6) is -0.320. The average Bonchev–Trinajstić information content (AvgIpc) is 1.80. The van der Waals surface area contributed by atoms with Crippen molar-refractivity contribution in [3.05, 3.63) is 12.2 Å². The molecule has 0 fully saturated rings. The van der Waals surface area contributed by atoms with Gasteiger partial charge in [0, 0.05) is 6.54 Å². The summed E-state index contributed by atoms with van der Waals surface area (Å²) in [6.45, 7) is 2.88. The zero-order chi connectivity index (χ0) is 7.11. The standard InChI is InChI=1S/C6H12N2O/c1-2-3-4-8-5-6(7)9/h2-3,8H,4-5H2,1H3,(H2,7,9)/b3-2-. The number of hydrogen-bond acceptors (Lipinski definition) is 2. The monoisotopic (exact) mass is 128 g/mol. The Morgan fingerprint density at radius 2 is 2.44 bits per heavy atom. The molecule has 52 valence electrons. The fourth-order valence-corrected chi connectivity index (χ4v) is 0.397. The van der Waals surface area contributed by atoms with Crippen molar-refractivity contribution in [2.45, 2.75) is 6.92 Å². The molecule has 0 spiro atoms. The highest BCUT2D eigenvalue weighted by Crippen LogP contribution is 1.65. The molecule has 0 radical (unpaired) electrons. The molecule has 0 atom stereocenters. The van der Waals surface area contributed by atoms with Crippen molar-refractivity contribution in [1.29, 1.82) is 0 Å². The van der Waals surface area contributed by atoms with Gasteiger partial charge in [0.05, 0.1) is 6.54 Å². The number of allylic oxidation sites excluding steroid dienone is 1. The minimum atomic E-state index is -0.320. The van der Waals surface area contributed by atoms with Gasteiger partial charge in [-0.1, -0.05) is 12.2 Å². The van der Waals surface area contributed by atoms with Gasteiger partial charge in [-0.05, 0) is 6.92 Å². The fraction of sp³-hybridized carbons (Fsp3) is 0.500. The molecule has 0 saturated heterocycles. The van der Waals surface area contributed by atoms with Gasteiger partial charge < -0.3 is 11.1 Å². The largest absolute Gasteiger partial charge is 0.369 e. The molecule has 0 unspecified atom stereocenters. The van der Waals surface area contributed by atoms with Crippen LogP contribution in [0.3, 0.4) is 0 Å². The van der Waals surface area contributed by atoms with E-state index in [0.717, 1.165) is 0 Å². The lowest BCUT2D eigenvalue weighted by Crippen LogP contribution is -2.28. The van der Waals surface area contributed by atoms with E-state index in [-0.39, 0.29) is 12.5 Å². The van der Waals surface area contributed by atoms with Gasteiger partial charge in [-0.15, -0.1) is 0 Å². The second-order valence-electron chi connectivity index (χ2n) is 1.67. The van der Waals surface area contributed by atoms with Gasteiger partial charge in [0.15, 0.2) is 0 Å². The highest BCUT2D eigenvalue weighted by molar-refractivity contribution is 5.75. The first-order valence-corrected chi connectivity index (χ1v) is 2.87. The van der Waals surface area contributed by atoms with Crippen LogP contribution in [-0.4, -0.2) is 19.0 Å². The van der Waals surface area contributed by atoms with E-state index in [1.807, 2.05) is 19.1 Å². The minimum absolute atomic E-state index is 0.254. The van der Waals surface area contributed by atoms with Gasteiger partial charge in [-0.25, -0.2) is 0 Å². The van der Waals surface area contributed by atoms with Gasteiger partial charge in [0.1, 0.15) is 0 Å². The Hall–Kier alpha value is -0.830.